The molecular formula is C22H26N4O3. The quantitative estimate of drug-likeness (QED) is 0.861. The average Bonchev–Trinajstić information content (AvgIpc) is 3.09. The number of nitrogens with zero attached hydrogens (tertiary/aromatic N) is 4. The number of anilines is 1. The minimum absolute atomic E-state index is 0.0817. The maximum absolute atomic E-state index is 13.0. The minimum Gasteiger partial charge on any atom is -0.481 e. The molecule has 29 heavy (non-hydrogen) atoms. The third kappa shape index (κ3) is 3.69. The van der Waals surface area contributed by atoms with Crippen molar-refractivity contribution in [3.05, 3.63) is 47.4 Å². The van der Waals surface area contributed by atoms with Gasteiger partial charge in [0.05, 0.1) is 11.6 Å². The van der Waals surface area contributed by atoms with Crippen LogP contribution in [0.5, 0.6) is 0 Å². The minimum atomic E-state index is -0.721. The van der Waals surface area contributed by atoms with Crippen LogP contribution in [0.25, 0.3) is 5.57 Å². The highest BCUT2D eigenvalue weighted by Gasteiger charge is 2.33. The van der Waals surface area contributed by atoms with Crippen molar-refractivity contribution in [2.75, 3.05) is 11.9 Å². The molecule has 7 heteroatoms. The Balaban J connectivity index is 1.53. The second-order valence-corrected chi connectivity index (χ2v) is 7.96. The molecule has 152 valence electrons. The molecule has 2 unspecified atom stereocenters. The van der Waals surface area contributed by atoms with Crippen LogP contribution in [0, 0.1) is 11.8 Å². The van der Waals surface area contributed by atoms with Crippen LogP contribution >= 0.6 is 0 Å². The number of aryl methyl sites for hydroxylation is 1. The van der Waals surface area contributed by atoms with Gasteiger partial charge in [0.1, 0.15) is 5.82 Å². The Morgan fingerprint density at radius 2 is 2.00 bits per heavy atom. The average molecular weight is 394 g/mol. The van der Waals surface area contributed by atoms with Crippen LogP contribution in [-0.2, 0) is 29.5 Å². The molecule has 7 nitrogen and oxygen atoms in total. The highest BCUT2D eigenvalue weighted by atomic mass is 16.4. The van der Waals surface area contributed by atoms with E-state index in [0.29, 0.717) is 25.1 Å². The summed E-state index contributed by atoms with van der Waals surface area (Å²) in [5.41, 5.74) is 4.47. The lowest BCUT2D eigenvalue weighted by molar-refractivity contribution is -0.141. The largest absolute Gasteiger partial charge is 0.481 e. The Hall–Kier alpha value is -2.96. The number of carbonyl (C=O) groups excluding carboxylic acids is 1. The van der Waals surface area contributed by atoms with E-state index in [2.05, 4.69) is 4.98 Å². The van der Waals surface area contributed by atoms with Gasteiger partial charge in [0.25, 0.3) is 0 Å². The first kappa shape index (κ1) is 19.4. The van der Waals surface area contributed by atoms with Crippen molar-refractivity contribution in [1.29, 1.82) is 0 Å². The number of allylic oxidation sites excluding steroid dienone is 2. The van der Waals surface area contributed by atoms with Crippen LogP contribution in [0.4, 0.5) is 5.82 Å². The summed E-state index contributed by atoms with van der Waals surface area (Å²) in [5, 5.41) is 14.0. The number of aromatic nitrogens is 3. The van der Waals surface area contributed by atoms with E-state index in [1.807, 2.05) is 36.0 Å². The lowest BCUT2D eigenvalue weighted by atomic mass is 9.82. The van der Waals surface area contributed by atoms with Gasteiger partial charge in [-0.2, -0.15) is 5.10 Å². The number of amides is 1. The first-order valence-corrected chi connectivity index (χ1v) is 10.1. The lowest BCUT2D eigenvalue weighted by Gasteiger charge is -2.27. The van der Waals surface area contributed by atoms with Gasteiger partial charge >= 0.3 is 5.97 Å². The molecule has 0 aliphatic heterocycles. The standard InChI is InChI=1S/C22H26N4O3/c1-25(19-5-3-4-12-23-19)21(27)16-10-11-17-18(13-16)26(2)24-20(17)14-6-8-15(9-7-14)22(28)29/h3-6,12,15-16H,7-11,13H2,1-2H3,(H,28,29). The number of carboxylic acids is 1. The zero-order chi connectivity index (χ0) is 20.5. The lowest BCUT2D eigenvalue weighted by Crippen LogP contribution is -2.36. The zero-order valence-electron chi connectivity index (χ0n) is 16.8. The summed E-state index contributed by atoms with van der Waals surface area (Å²) in [4.78, 5) is 30.1. The molecule has 1 amide bonds. The molecule has 0 fully saturated rings. The summed E-state index contributed by atoms with van der Waals surface area (Å²) < 4.78 is 1.90. The van der Waals surface area contributed by atoms with E-state index in [1.54, 1.807) is 18.1 Å². The second kappa shape index (κ2) is 7.81. The van der Waals surface area contributed by atoms with Crippen molar-refractivity contribution in [3.63, 3.8) is 0 Å². The molecular weight excluding hydrogens is 368 g/mol. The van der Waals surface area contributed by atoms with E-state index in [4.69, 9.17) is 5.10 Å². The van der Waals surface area contributed by atoms with Gasteiger partial charge < -0.3 is 5.11 Å². The molecule has 0 saturated heterocycles. The number of hydrogen-bond acceptors (Lipinski definition) is 4. The first-order chi connectivity index (χ1) is 14.0. The third-order valence-corrected chi connectivity index (χ3v) is 6.19. The SMILES string of the molecule is CN(C(=O)C1CCc2c(C3=CCC(C(=O)O)CC3)nn(C)c2C1)c1ccccn1. The maximum Gasteiger partial charge on any atom is 0.306 e. The fourth-order valence-electron chi connectivity index (χ4n) is 4.46. The van der Waals surface area contributed by atoms with E-state index in [0.717, 1.165) is 36.2 Å². The number of carbonyl (C=O) groups is 2. The van der Waals surface area contributed by atoms with Gasteiger partial charge in [-0.3, -0.25) is 19.2 Å². The molecule has 0 bridgehead atoms. The number of aliphatic carboxylic acids is 1. The number of pyridine rings is 1. The monoisotopic (exact) mass is 394 g/mol. The third-order valence-electron chi connectivity index (χ3n) is 6.19. The summed E-state index contributed by atoms with van der Waals surface area (Å²) >= 11 is 0. The first-order valence-electron chi connectivity index (χ1n) is 10.1. The van der Waals surface area contributed by atoms with Crippen molar-refractivity contribution in [3.8, 4) is 0 Å². The van der Waals surface area contributed by atoms with Gasteiger partial charge in [0.15, 0.2) is 0 Å². The van der Waals surface area contributed by atoms with Gasteiger partial charge in [0.2, 0.25) is 5.91 Å². The van der Waals surface area contributed by atoms with E-state index in [-0.39, 0.29) is 17.7 Å². The molecule has 2 aliphatic carbocycles. The maximum atomic E-state index is 13.0. The predicted molar refractivity (Wildman–Crippen MR) is 109 cm³/mol. The summed E-state index contributed by atoms with van der Waals surface area (Å²) in [7, 11) is 3.71. The van der Waals surface area contributed by atoms with Crippen LogP contribution in [0.3, 0.4) is 0 Å². The Labute approximate surface area is 170 Å². The smallest absolute Gasteiger partial charge is 0.306 e. The Kier molecular flexibility index (Phi) is 5.22. The van der Waals surface area contributed by atoms with Crippen molar-refractivity contribution in [2.24, 2.45) is 18.9 Å². The van der Waals surface area contributed by atoms with Crippen molar-refractivity contribution >= 4 is 23.3 Å². The molecule has 4 rings (SSSR count). The van der Waals surface area contributed by atoms with Crippen LogP contribution in [-0.4, -0.2) is 38.8 Å². The number of fused-ring (bicyclic) bond motifs is 1. The summed E-state index contributed by atoms with van der Waals surface area (Å²) in [6.45, 7) is 0. The van der Waals surface area contributed by atoms with Gasteiger partial charge in [-0.25, -0.2) is 4.98 Å². The van der Waals surface area contributed by atoms with Gasteiger partial charge in [-0.15, -0.1) is 0 Å². The topological polar surface area (TPSA) is 88.3 Å². The zero-order valence-corrected chi connectivity index (χ0v) is 16.8. The fraction of sp³-hybridized carbons (Fsp3) is 0.455. The highest BCUT2D eigenvalue weighted by molar-refractivity contribution is 5.94. The van der Waals surface area contributed by atoms with E-state index in [9.17, 15) is 14.7 Å². The van der Waals surface area contributed by atoms with Crippen LogP contribution < -0.4 is 4.90 Å². The van der Waals surface area contributed by atoms with E-state index < -0.39 is 5.97 Å². The molecule has 0 spiro atoms. The second-order valence-electron chi connectivity index (χ2n) is 7.96. The molecule has 0 aromatic carbocycles. The number of rotatable bonds is 4. The molecule has 0 radical (unpaired) electrons. The Morgan fingerprint density at radius 1 is 1.21 bits per heavy atom. The molecule has 2 aromatic heterocycles. The molecule has 1 N–H and O–H groups in total. The van der Waals surface area contributed by atoms with Gasteiger partial charge in [-0.1, -0.05) is 12.1 Å². The summed E-state index contributed by atoms with van der Waals surface area (Å²) in [6, 6.07) is 5.56. The summed E-state index contributed by atoms with van der Waals surface area (Å²) in [5.74, 6) is -0.355. The van der Waals surface area contributed by atoms with Crippen molar-refractivity contribution in [1.82, 2.24) is 14.8 Å². The summed E-state index contributed by atoms with van der Waals surface area (Å²) in [6.07, 6.45) is 7.95. The van der Waals surface area contributed by atoms with Crippen molar-refractivity contribution in [2.45, 2.75) is 38.5 Å². The fourth-order valence-corrected chi connectivity index (χ4v) is 4.46. The molecule has 2 heterocycles. The number of hydrogen-bond donors (Lipinski definition) is 1. The van der Waals surface area contributed by atoms with Crippen LogP contribution in [0.1, 0.15) is 42.6 Å². The van der Waals surface area contributed by atoms with Crippen LogP contribution in [0.2, 0.25) is 0 Å². The van der Waals surface area contributed by atoms with Crippen molar-refractivity contribution < 1.29 is 14.7 Å². The van der Waals surface area contributed by atoms with E-state index in [1.165, 1.54) is 5.56 Å². The Bertz CT molecular complexity index is 964. The molecule has 2 aromatic rings. The Morgan fingerprint density at radius 3 is 2.66 bits per heavy atom. The molecule has 2 atom stereocenters. The predicted octanol–water partition coefficient (Wildman–Crippen LogP) is 2.85. The molecule has 0 saturated carbocycles. The molecule has 2 aliphatic rings. The highest BCUT2D eigenvalue weighted by Crippen LogP contribution is 2.36. The van der Waals surface area contributed by atoms with E-state index >= 15 is 0 Å². The van der Waals surface area contributed by atoms with Gasteiger partial charge in [-0.05, 0) is 49.8 Å². The number of carboxylic acid groups (broad SMARTS) is 1. The van der Waals surface area contributed by atoms with Gasteiger partial charge in [0, 0.05) is 43.9 Å². The normalized spacial score (nSPS) is 21.2. The van der Waals surface area contributed by atoms with Crippen LogP contribution in [0.15, 0.2) is 30.5 Å².